The summed E-state index contributed by atoms with van der Waals surface area (Å²) in [5.41, 5.74) is 1.07. The molecule has 134 valence electrons. The average molecular weight is 345 g/mol. The molecule has 2 heterocycles. The van der Waals surface area contributed by atoms with Gasteiger partial charge in [0.1, 0.15) is 6.54 Å². The number of allylic oxidation sites excluding steroid dienone is 1. The molecule has 0 saturated heterocycles. The Morgan fingerprint density at radius 3 is 2.76 bits per heavy atom. The van der Waals surface area contributed by atoms with Crippen LogP contribution in [0.5, 0.6) is 0 Å². The smallest absolute Gasteiger partial charge is 0.332 e. The first-order valence-electron chi connectivity index (χ1n) is 8.54. The van der Waals surface area contributed by atoms with E-state index in [0.717, 1.165) is 23.8 Å². The van der Waals surface area contributed by atoms with Crippen LogP contribution in [-0.2, 0) is 25.4 Å². The van der Waals surface area contributed by atoms with Crippen molar-refractivity contribution in [3.05, 3.63) is 38.8 Å². The molecule has 0 unspecified atom stereocenters. The fourth-order valence-electron chi connectivity index (χ4n) is 3.22. The number of nitrogens with zero attached hydrogens (tertiary/aromatic N) is 4. The van der Waals surface area contributed by atoms with Gasteiger partial charge < -0.3 is 9.88 Å². The monoisotopic (exact) mass is 345 g/mol. The van der Waals surface area contributed by atoms with Crippen molar-refractivity contribution in [3.63, 3.8) is 0 Å². The van der Waals surface area contributed by atoms with E-state index in [4.69, 9.17) is 0 Å². The molecule has 1 aliphatic rings. The molecule has 8 nitrogen and oxygen atoms in total. The third-order valence-electron chi connectivity index (χ3n) is 4.68. The molecule has 0 fully saturated rings. The van der Waals surface area contributed by atoms with Gasteiger partial charge >= 0.3 is 5.69 Å². The SMILES string of the molecule is Cn1c(=O)c2c(ncn2CC(=O)NCCC2=CCCCC2)n(C)c1=O. The molecule has 1 aliphatic carbocycles. The molecule has 2 aromatic heterocycles. The van der Waals surface area contributed by atoms with Crippen LogP contribution in [0.25, 0.3) is 11.2 Å². The number of rotatable bonds is 5. The molecule has 3 rings (SSSR count). The molecule has 0 atom stereocenters. The molecule has 8 heteroatoms. The minimum atomic E-state index is -0.448. The number of aryl methyl sites for hydroxylation is 1. The lowest BCUT2D eigenvalue weighted by molar-refractivity contribution is -0.121. The zero-order chi connectivity index (χ0) is 18.0. The predicted octanol–water partition coefficient (Wildman–Crippen LogP) is 0.440. The van der Waals surface area contributed by atoms with Crippen molar-refractivity contribution in [1.82, 2.24) is 24.0 Å². The van der Waals surface area contributed by atoms with Gasteiger partial charge in [-0.1, -0.05) is 11.6 Å². The van der Waals surface area contributed by atoms with Gasteiger partial charge in [0.05, 0.1) is 6.33 Å². The summed E-state index contributed by atoms with van der Waals surface area (Å²) in [6.45, 7) is 0.594. The third kappa shape index (κ3) is 3.42. The van der Waals surface area contributed by atoms with Crippen molar-refractivity contribution in [2.24, 2.45) is 14.1 Å². The number of carbonyl (C=O) groups is 1. The number of hydrogen-bond acceptors (Lipinski definition) is 4. The second-order valence-electron chi connectivity index (χ2n) is 6.46. The molecule has 1 amide bonds. The van der Waals surface area contributed by atoms with E-state index in [1.807, 2.05) is 0 Å². The molecule has 25 heavy (non-hydrogen) atoms. The standard InChI is InChI=1S/C17H23N5O3/c1-20-15-14(16(24)21(2)17(20)25)22(11-19-15)10-13(23)18-9-8-12-6-4-3-5-7-12/h6,11H,3-5,7-10H2,1-2H3,(H,18,23). The Morgan fingerprint density at radius 2 is 2.04 bits per heavy atom. The zero-order valence-electron chi connectivity index (χ0n) is 14.6. The van der Waals surface area contributed by atoms with Gasteiger partial charge in [0, 0.05) is 20.6 Å². The molecule has 0 saturated carbocycles. The van der Waals surface area contributed by atoms with Crippen molar-refractivity contribution in [2.45, 2.75) is 38.6 Å². The molecule has 0 aromatic carbocycles. The van der Waals surface area contributed by atoms with Gasteiger partial charge in [0.25, 0.3) is 5.56 Å². The molecule has 0 radical (unpaired) electrons. The molecular weight excluding hydrogens is 322 g/mol. The Balaban J connectivity index is 1.70. The maximum atomic E-state index is 12.3. The number of imidazole rings is 1. The highest BCUT2D eigenvalue weighted by Gasteiger charge is 2.15. The summed E-state index contributed by atoms with van der Waals surface area (Å²) in [4.78, 5) is 40.6. The zero-order valence-corrected chi connectivity index (χ0v) is 14.6. The molecule has 0 bridgehead atoms. The lowest BCUT2D eigenvalue weighted by atomic mass is 9.97. The first kappa shape index (κ1) is 17.2. The first-order valence-corrected chi connectivity index (χ1v) is 8.54. The van der Waals surface area contributed by atoms with Crippen LogP contribution in [0.1, 0.15) is 32.1 Å². The lowest BCUT2D eigenvalue weighted by Crippen LogP contribution is -2.38. The summed E-state index contributed by atoms with van der Waals surface area (Å²) in [6.07, 6.45) is 9.28. The second-order valence-corrected chi connectivity index (χ2v) is 6.46. The van der Waals surface area contributed by atoms with Crippen LogP contribution >= 0.6 is 0 Å². The molecular formula is C17H23N5O3. The summed E-state index contributed by atoms with van der Waals surface area (Å²) in [5.74, 6) is -0.174. The summed E-state index contributed by atoms with van der Waals surface area (Å²) in [5, 5.41) is 2.89. The van der Waals surface area contributed by atoms with Crippen molar-refractivity contribution in [2.75, 3.05) is 6.54 Å². The van der Waals surface area contributed by atoms with Gasteiger partial charge in [-0.15, -0.1) is 0 Å². The predicted molar refractivity (Wildman–Crippen MR) is 94.4 cm³/mol. The number of hydrogen-bond donors (Lipinski definition) is 1. The van der Waals surface area contributed by atoms with Crippen LogP contribution in [0.2, 0.25) is 0 Å². The highest BCUT2D eigenvalue weighted by Crippen LogP contribution is 2.19. The van der Waals surface area contributed by atoms with Crippen LogP contribution in [0, 0.1) is 0 Å². The van der Waals surface area contributed by atoms with E-state index in [0.29, 0.717) is 6.54 Å². The van der Waals surface area contributed by atoms with E-state index in [1.54, 1.807) is 7.05 Å². The number of amides is 1. The average Bonchev–Trinajstić information content (AvgIpc) is 3.02. The fourth-order valence-corrected chi connectivity index (χ4v) is 3.22. The van der Waals surface area contributed by atoms with Crippen molar-refractivity contribution in [3.8, 4) is 0 Å². The van der Waals surface area contributed by atoms with Gasteiger partial charge in [-0.2, -0.15) is 0 Å². The number of carbonyl (C=O) groups excluding carboxylic acids is 1. The number of aromatic nitrogens is 4. The molecule has 0 aliphatic heterocycles. The quantitative estimate of drug-likeness (QED) is 0.796. The highest BCUT2D eigenvalue weighted by molar-refractivity contribution is 5.78. The van der Waals surface area contributed by atoms with Crippen LogP contribution in [0.4, 0.5) is 0 Å². The van der Waals surface area contributed by atoms with Gasteiger partial charge in [0.15, 0.2) is 11.2 Å². The Morgan fingerprint density at radius 1 is 1.24 bits per heavy atom. The maximum absolute atomic E-state index is 12.3. The van der Waals surface area contributed by atoms with Crippen molar-refractivity contribution in [1.29, 1.82) is 0 Å². The summed E-state index contributed by atoms with van der Waals surface area (Å²) in [6, 6.07) is 0. The Bertz CT molecular complexity index is 948. The second kappa shape index (κ2) is 7.08. The first-order chi connectivity index (χ1) is 12.0. The lowest BCUT2D eigenvalue weighted by Gasteiger charge is -2.13. The fraction of sp³-hybridized carbons (Fsp3) is 0.529. The topological polar surface area (TPSA) is 90.9 Å². The van der Waals surface area contributed by atoms with Gasteiger partial charge in [-0.25, -0.2) is 9.78 Å². The van der Waals surface area contributed by atoms with Crippen molar-refractivity contribution >= 4 is 17.1 Å². The summed E-state index contributed by atoms with van der Waals surface area (Å²) < 4.78 is 3.82. The van der Waals surface area contributed by atoms with Gasteiger partial charge in [-0.3, -0.25) is 18.7 Å². The van der Waals surface area contributed by atoms with E-state index in [2.05, 4.69) is 16.4 Å². The Labute approximate surface area is 144 Å². The van der Waals surface area contributed by atoms with E-state index < -0.39 is 11.2 Å². The van der Waals surface area contributed by atoms with Gasteiger partial charge in [0.2, 0.25) is 5.91 Å². The third-order valence-corrected chi connectivity index (χ3v) is 4.68. The largest absolute Gasteiger partial charge is 0.354 e. The van der Waals surface area contributed by atoms with Crippen LogP contribution in [0.15, 0.2) is 27.6 Å². The molecule has 0 spiro atoms. The Hall–Kier alpha value is -2.64. The van der Waals surface area contributed by atoms with Crippen LogP contribution in [-0.4, -0.2) is 31.1 Å². The summed E-state index contributed by atoms with van der Waals surface area (Å²) >= 11 is 0. The summed E-state index contributed by atoms with van der Waals surface area (Å²) in [7, 11) is 2.97. The number of fused-ring (bicyclic) bond motifs is 1. The van der Waals surface area contributed by atoms with Gasteiger partial charge in [-0.05, 0) is 32.1 Å². The van der Waals surface area contributed by atoms with Crippen LogP contribution < -0.4 is 16.6 Å². The maximum Gasteiger partial charge on any atom is 0.332 e. The normalized spacial score (nSPS) is 14.6. The van der Waals surface area contributed by atoms with E-state index in [9.17, 15) is 14.4 Å². The number of nitrogens with one attached hydrogen (secondary N) is 1. The Kier molecular flexibility index (Phi) is 4.87. The van der Waals surface area contributed by atoms with Crippen molar-refractivity contribution < 1.29 is 4.79 Å². The minimum Gasteiger partial charge on any atom is -0.354 e. The molecule has 2 aromatic rings. The highest BCUT2D eigenvalue weighted by atomic mass is 16.2. The van der Waals surface area contributed by atoms with E-state index in [1.165, 1.54) is 40.9 Å². The van der Waals surface area contributed by atoms with E-state index >= 15 is 0 Å². The van der Waals surface area contributed by atoms with Crippen LogP contribution in [0.3, 0.4) is 0 Å². The molecule has 1 N–H and O–H groups in total. The minimum absolute atomic E-state index is 0.00297. The van der Waals surface area contributed by atoms with E-state index in [-0.39, 0.29) is 23.6 Å².